The number of aromatic nitrogens is 2. The maximum Gasteiger partial charge on any atom is 0.262 e. The molecule has 1 saturated heterocycles. The topological polar surface area (TPSA) is 81.2 Å². The molecule has 1 fully saturated rings. The molecule has 1 aliphatic heterocycles. The van der Waals surface area contributed by atoms with Gasteiger partial charge >= 0.3 is 0 Å². The fourth-order valence-electron chi connectivity index (χ4n) is 1.99. The summed E-state index contributed by atoms with van der Waals surface area (Å²) in [7, 11) is -1.69. The van der Waals surface area contributed by atoms with Gasteiger partial charge in [0.1, 0.15) is 0 Å². The highest BCUT2D eigenvalue weighted by molar-refractivity contribution is 7.89. The maximum atomic E-state index is 12.3. The summed E-state index contributed by atoms with van der Waals surface area (Å²) < 4.78 is 27.7. The first kappa shape index (κ1) is 15.4. The van der Waals surface area contributed by atoms with Crippen LogP contribution in [0.5, 0.6) is 0 Å². The van der Waals surface area contributed by atoms with Crippen LogP contribution >= 0.6 is 12.4 Å². The van der Waals surface area contributed by atoms with Gasteiger partial charge in [-0.15, -0.1) is 12.4 Å². The molecule has 0 saturated carbocycles. The monoisotopic (exact) mass is 294 g/mol. The van der Waals surface area contributed by atoms with Crippen LogP contribution in [-0.4, -0.2) is 41.4 Å². The Labute approximate surface area is 114 Å². The molecule has 1 aliphatic rings. The van der Waals surface area contributed by atoms with E-state index in [0.717, 1.165) is 12.8 Å². The summed E-state index contributed by atoms with van der Waals surface area (Å²) in [6, 6.07) is 0.110. The van der Waals surface area contributed by atoms with Crippen LogP contribution in [0.25, 0.3) is 0 Å². The highest BCUT2D eigenvalue weighted by atomic mass is 35.5. The number of hydrogen-bond acceptors (Lipinski definition) is 4. The Hall–Kier alpha value is -0.630. The fraction of sp³-hybridized carbons (Fsp3) is 0.700. The molecule has 1 aromatic heterocycles. The van der Waals surface area contributed by atoms with E-state index in [1.54, 1.807) is 11.6 Å². The second kappa shape index (κ2) is 6.01. The minimum absolute atomic E-state index is 0. The summed E-state index contributed by atoms with van der Waals surface area (Å²) in [5.41, 5.74) is 5.84. The summed E-state index contributed by atoms with van der Waals surface area (Å²) in [4.78, 5) is 3.91. The Morgan fingerprint density at radius 1 is 1.39 bits per heavy atom. The number of halogens is 1. The van der Waals surface area contributed by atoms with E-state index in [1.807, 2.05) is 0 Å². The van der Waals surface area contributed by atoms with Crippen molar-refractivity contribution in [2.24, 2.45) is 12.8 Å². The van der Waals surface area contributed by atoms with Crippen LogP contribution in [0.4, 0.5) is 0 Å². The Kier molecular flexibility index (Phi) is 5.15. The highest BCUT2D eigenvalue weighted by Crippen LogP contribution is 2.18. The number of hydrogen-bond donors (Lipinski definition) is 1. The predicted molar refractivity (Wildman–Crippen MR) is 71.0 cm³/mol. The molecular weight excluding hydrogens is 276 g/mol. The van der Waals surface area contributed by atoms with Gasteiger partial charge < -0.3 is 10.3 Å². The lowest BCUT2D eigenvalue weighted by molar-refractivity contribution is 0.420. The van der Waals surface area contributed by atoms with Gasteiger partial charge in [-0.3, -0.25) is 0 Å². The van der Waals surface area contributed by atoms with E-state index in [4.69, 9.17) is 5.73 Å². The average Bonchev–Trinajstić information content (AvgIpc) is 2.58. The third kappa shape index (κ3) is 3.23. The summed E-state index contributed by atoms with van der Waals surface area (Å²) in [6.45, 7) is 1.02. The molecule has 0 aromatic carbocycles. The zero-order valence-corrected chi connectivity index (χ0v) is 12.0. The minimum atomic E-state index is -3.44. The van der Waals surface area contributed by atoms with Crippen LogP contribution in [0, 0.1) is 0 Å². The van der Waals surface area contributed by atoms with E-state index in [0.29, 0.717) is 19.5 Å². The Bertz CT molecular complexity index is 488. The molecule has 0 spiro atoms. The van der Waals surface area contributed by atoms with E-state index >= 15 is 0 Å². The van der Waals surface area contributed by atoms with E-state index < -0.39 is 10.0 Å². The van der Waals surface area contributed by atoms with E-state index in [-0.39, 0.29) is 23.5 Å². The fourth-order valence-corrected chi connectivity index (χ4v) is 3.45. The van der Waals surface area contributed by atoms with Gasteiger partial charge in [0.25, 0.3) is 10.0 Å². The van der Waals surface area contributed by atoms with E-state index in [1.165, 1.54) is 16.8 Å². The summed E-state index contributed by atoms with van der Waals surface area (Å²) in [5.74, 6) is 0. The first-order valence-corrected chi connectivity index (χ1v) is 7.18. The predicted octanol–water partition coefficient (Wildman–Crippen LogP) is 0.344. The van der Waals surface area contributed by atoms with Crippen molar-refractivity contribution in [1.82, 2.24) is 13.9 Å². The van der Waals surface area contributed by atoms with Crippen LogP contribution in [0.2, 0.25) is 0 Å². The van der Waals surface area contributed by atoms with Crippen molar-refractivity contribution in [3.8, 4) is 0 Å². The molecule has 1 atom stereocenters. The highest BCUT2D eigenvalue weighted by Gasteiger charge is 2.28. The molecule has 0 bridgehead atoms. The molecule has 1 unspecified atom stereocenters. The number of rotatable bonds is 2. The molecule has 6 nitrogen and oxygen atoms in total. The minimum Gasteiger partial charge on any atom is -0.339 e. The number of nitrogens with two attached hydrogens (primary N) is 1. The zero-order chi connectivity index (χ0) is 12.5. The largest absolute Gasteiger partial charge is 0.339 e. The Balaban J connectivity index is 0.00000162. The second-order valence-electron chi connectivity index (χ2n) is 4.47. The Morgan fingerprint density at radius 3 is 2.72 bits per heavy atom. The van der Waals surface area contributed by atoms with E-state index in [2.05, 4.69) is 4.98 Å². The van der Waals surface area contributed by atoms with Crippen LogP contribution in [0.1, 0.15) is 19.3 Å². The number of imidazole rings is 1. The average molecular weight is 295 g/mol. The van der Waals surface area contributed by atoms with Crippen LogP contribution in [0.15, 0.2) is 17.6 Å². The lowest BCUT2D eigenvalue weighted by atomic mass is 10.1. The molecule has 0 radical (unpaired) electrons. The third-order valence-corrected chi connectivity index (χ3v) is 4.80. The lowest BCUT2D eigenvalue weighted by Crippen LogP contribution is -2.33. The smallest absolute Gasteiger partial charge is 0.262 e. The SMILES string of the molecule is Cl.Cn1cnc(S(=O)(=O)N2CCCC(N)CC2)c1. The van der Waals surface area contributed by atoms with Gasteiger partial charge in [-0.1, -0.05) is 0 Å². The lowest BCUT2D eigenvalue weighted by Gasteiger charge is -2.18. The molecule has 0 aliphatic carbocycles. The number of nitrogens with zero attached hydrogens (tertiary/aromatic N) is 3. The first-order chi connectivity index (χ1) is 8.00. The van der Waals surface area contributed by atoms with Crippen LogP contribution in [-0.2, 0) is 17.1 Å². The van der Waals surface area contributed by atoms with Crippen molar-refractivity contribution >= 4 is 22.4 Å². The van der Waals surface area contributed by atoms with Gasteiger partial charge in [0.05, 0.1) is 6.33 Å². The number of aryl methyl sites for hydroxylation is 1. The molecule has 104 valence electrons. The van der Waals surface area contributed by atoms with Crippen molar-refractivity contribution in [1.29, 1.82) is 0 Å². The summed E-state index contributed by atoms with van der Waals surface area (Å²) in [5, 5.41) is 0.121. The van der Waals surface area contributed by atoms with Crippen LogP contribution < -0.4 is 5.73 Å². The summed E-state index contributed by atoms with van der Waals surface area (Å²) in [6.07, 6.45) is 5.43. The van der Waals surface area contributed by atoms with Crippen molar-refractivity contribution in [3.63, 3.8) is 0 Å². The molecular formula is C10H19ClN4O2S. The standard InChI is InChI=1S/C10H18N4O2S.ClH/c1-13-7-10(12-8-13)17(15,16)14-5-2-3-9(11)4-6-14;/h7-9H,2-6,11H2,1H3;1H. The molecule has 1 aromatic rings. The maximum absolute atomic E-state index is 12.3. The summed E-state index contributed by atoms with van der Waals surface area (Å²) >= 11 is 0. The molecule has 0 amide bonds. The van der Waals surface area contributed by atoms with Crippen LogP contribution in [0.3, 0.4) is 0 Å². The third-order valence-electron chi connectivity index (χ3n) is 3.02. The molecule has 2 heterocycles. The van der Waals surface area contributed by atoms with E-state index in [9.17, 15) is 8.42 Å². The van der Waals surface area contributed by atoms with Crippen molar-refractivity contribution < 1.29 is 8.42 Å². The molecule has 2 N–H and O–H groups in total. The van der Waals surface area contributed by atoms with Crippen molar-refractivity contribution in [2.45, 2.75) is 30.3 Å². The second-order valence-corrected chi connectivity index (χ2v) is 6.36. The normalized spacial score (nSPS) is 22.2. The molecule has 2 rings (SSSR count). The van der Waals surface area contributed by atoms with Gasteiger partial charge in [-0.25, -0.2) is 13.4 Å². The van der Waals surface area contributed by atoms with Gasteiger partial charge in [0.15, 0.2) is 5.03 Å². The van der Waals surface area contributed by atoms with Gasteiger partial charge in [-0.05, 0) is 19.3 Å². The van der Waals surface area contributed by atoms with Crippen molar-refractivity contribution in [2.75, 3.05) is 13.1 Å². The first-order valence-electron chi connectivity index (χ1n) is 5.74. The molecule has 8 heteroatoms. The van der Waals surface area contributed by atoms with Gasteiger partial charge in [-0.2, -0.15) is 4.31 Å². The van der Waals surface area contributed by atoms with Gasteiger partial charge in [0.2, 0.25) is 0 Å². The zero-order valence-electron chi connectivity index (χ0n) is 10.3. The van der Waals surface area contributed by atoms with Crippen molar-refractivity contribution in [3.05, 3.63) is 12.5 Å². The number of sulfonamides is 1. The Morgan fingerprint density at radius 2 is 2.11 bits per heavy atom. The van der Waals surface area contributed by atoms with Gasteiger partial charge in [0, 0.05) is 32.4 Å². The molecule has 18 heavy (non-hydrogen) atoms. The quantitative estimate of drug-likeness (QED) is 0.853.